The van der Waals surface area contributed by atoms with Gasteiger partial charge in [-0.15, -0.1) is 0 Å². The van der Waals surface area contributed by atoms with E-state index in [1.165, 1.54) is 12.1 Å². The van der Waals surface area contributed by atoms with Gasteiger partial charge in [0.05, 0.1) is 25.9 Å². The standard InChI is InChI=1S/C13H18FNO2/c14-12-3-1-11(2-4-12)13(15)9-17-8-10-5-6-16-7-10/h1-4,10,13H,5-9,15H2. The Morgan fingerprint density at radius 2 is 2.18 bits per heavy atom. The summed E-state index contributed by atoms with van der Waals surface area (Å²) >= 11 is 0. The maximum absolute atomic E-state index is 12.7. The molecule has 2 rings (SSSR count). The Bertz CT molecular complexity index is 336. The van der Waals surface area contributed by atoms with E-state index in [9.17, 15) is 4.39 Å². The molecule has 0 amide bonds. The predicted octanol–water partition coefficient (Wildman–Crippen LogP) is 1.88. The fraction of sp³-hybridized carbons (Fsp3) is 0.538. The van der Waals surface area contributed by atoms with E-state index in [0.29, 0.717) is 19.1 Å². The van der Waals surface area contributed by atoms with E-state index in [0.717, 1.165) is 25.2 Å². The Kier molecular flexibility index (Phi) is 4.48. The highest BCUT2D eigenvalue weighted by Crippen LogP contribution is 2.15. The van der Waals surface area contributed by atoms with Crippen molar-refractivity contribution in [3.63, 3.8) is 0 Å². The normalized spacial score (nSPS) is 21.6. The molecule has 0 aromatic heterocycles. The van der Waals surface area contributed by atoms with Crippen LogP contribution in [0.25, 0.3) is 0 Å². The van der Waals surface area contributed by atoms with Gasteiger partial charge >= 0.3 is 0 Å². The number of ether oxygens (including phenoxy) is 2. The molecule has 0 spiro atoms. The molecular formula is C13H18FNO2. The number of benzene rings is 1. The van der Waals surface area contributed by atoms with Crippen molar-refractivity contribution in [2.24, 2.45) is 11.7 Å². The predicted molar refractivity (Wildman–Crippen MR) is 63.1 cm³/mol. The van der Waals surface area contributed by atoms with Gasteiger partial charge in [0.1, 0.15) is 5.82 Å². The number of nitrogens with two attached hydrogens (primary N) is 1. The summed E-state index contributed by atoms with van der Waals surface area (Å²) in [4.78, 5) is 0. The Balaban J connectivity index is 1.72. The van der Waals surface area contributed by atoms with Gasteiger partial charge in [0.2, 0.25) is 0 Å². The molecular weight excluding hydrogens is 221 g/mol. The molecule has 1 fully saturated rings. The van der Waals surface area contributed by atoms with E-state index in [2.05, 4.69) is 0 Å². The average molecular weight is 239 g/mol. The first-order chi connectivity index (χ1) is 8.25. The quantitative estimate of drug-likeness (QED) is 0.853. The van der Waals surface area contributed by atoms with Gasteiger partial charge in [0, 0.05) is 12.5 Å². The highest BCUT2D eigenvalue weighted by atomic mass is 19.1. The second-order valence-electron chi connectivity index (χ2n) is 4.43. The van der Waals surface area contributed by atoms with Crippen LogP contribution in [0.15, 0.2) is 24.3 Å². The molecule has 1 aliphatic rings. The second kappa shape index (κ2) is 6.10. The summed E-state index contributed by atoms with van der Waals surface area (Å²) in [5.74, 6) is 0.250. The zero-order chi connectivity index (χ0) is 12.1. The lowest BCUT2D eigenvalue weighted by atomic mass is 10.1. The maximum atomic E-state index is 12.7. The number of hydrogen-bond donors (Lipinski definition) is 1. The molecule has 1 aliphatic heterocycles. The van der Waals surface area contributed by atoms with Gasteiger partial charge in [-0.3, -0.25) is 0 Å². The first-order valence-electron chi connectivity index (χ1n) is 5.92. The van der Waals surface area contributed by atoms with Crippen molar-refractivity contribution in [1.29, 1.82) is 0 Å². The molecule has 3 nitrogen and oxygen atoms in total. The topological polar surface area (TPSA) is 44.5 Å². The van der Waals surface area contributed by atoms with Crippen molar-refractivity contribution in [2.45, 2.75) is 12.5 Å². The van der Waals surface area contributed by atoms with Crippen LogP contribution in [0, 0.1) is 11.7 Å². The summed E-state index contributed by atoms with van der Waals surface area (Å²) in [6, 6.07) is 6.03. The minimum Gasteiger partial charge on any atom is -0.381 e. The van der Waals surface area contributed by atoms with Crippen LogP contribution in [0.2, 0.25) is 0 Å². The van der Waals surface area contributed by atoms with Crippen molar-refractivity contribution in [2.75, 3.05) is 26.4 Å². The van der Waals surface area contributed by atoms with Gasteiger partial charge < -0.3 is 15.2 Å². The average Bonchev–Trinajstić information content (AvgIpc) is 2.83. The number of rotatable bonds is 5. The maximum Gasteiger partial charge on any atom is 0.123 e. The Hall–Kier alpha value is -0.970. The summed E-state index contributed by atoms with van der Waals surface area (Å²) in [7, 11) is 0. The summed E-state index contributed by atoms with van der Waals surface area (Å²) in [5.41, 5.74) is 6.85. The molecule has 2 N–H and O–H groups in total. The third kappa shape index (κ3) is 3.77. The van der Waals surface area contributed by atoms with Crippen molar-refractivity contribution >= 4 is 0 Å². The van der Waals surface area contributed by atoms with E-state index in [4.69, 9.17) is 15.2 Å². The van der Waals surface area contributed by atoms with Crippen LogP contribution >= 0.6 is 0 Å². The van der Waals surface area contributed by atoms with E-state index in [1.807, 2.05) is 0 Å². The summed E-state index contributed by atoms with van der Waals surface area (Å²) < 4.78 is 23.5. The van der Waals surface area contributed by atoms with Crippen LogP contribution < -0.4 is 5.73 Å². The lowest BCUT2D eigenvalue weighted by Crippen LogP contribution is -2.20. The largest absolute Gasteiger partial charge is 0.381 e. The van der Waals surface area contributed by atoms with Crippen molar-refractivity contribution < 1.29 is 13.9 Å². The first kappa shape index (κ1) is 12.5. The van der Waals surface area contributed by atoms with Crippen LogP contribution in [0.1, 0.15) is 18.0 Å². The lowest BCUT2D eigenvalue weighted by Gasteiger charge is -2.14. The van der Waals surface area contributed by atoms with Crippen molar-refractivity contribution in [3.05, 3.63) is 35.6 Å². The van der Waals surface area contributed by atoms with Gasteiger partial charge in [-0.1, -0.05) is 12.1 Å². The van der Waals surface area contributed by atoms with Gasteiger partial charge in [0.25, 0.3) is 0 Å². The van der Waals surface area contributed by atoms with Crippen LogP contribution in [-0.4, -0.2) is 26.4 Å². The molecule has 2 atom stereocenters. The number of hydrogen-bond acceptors (Lipinski definition) is 3. The lowest BCUT2D eigenvalue weighted by molar-refractivity contribution is 0.0808. The summed E-state index contributed by atoms with van der Waals surface area (Å²) in [6.45, 7) is 2.76. The van der Waals surface area contributed by atoms with Crippen LogP contribution in [0.5, 0.6) is 0 Å². The molecule has 94 valence electrons. The fourth-order valence-electron chi connectivity index (χ4n) is 1.88. The Morgan fingerprint density at radius 1 is 1.41 bits per heavy atom. The fourth-order valence-corrected chi connectivity index (χ4v) is 1.88. The zero-order valence-corrected chi connectivity index (χ0v) is 9.77. The minimum absolute atomic E-state index is 0.196. The molecule has 0 saturated carbocycles. The molecule has 0 bridgehead atoms. The van der Waals surface area contributed by atoms with E-state index in [1.54, 1.807) is 12.1 Å². The second-order valence-corrected chi connectivity index (χ2v) is 4.43. The molecule has 1 aromatic rings. The highest BCUT2D eigenvalue weighted by Gasteiger charge is 2.16. The molecule has 0 radical (unpaired) electrons. The van der Waals surface area contributed by atoms with E-state index in [-0.39, 0.29) is 11.9 Å². The summed E-state index contributed by atoms with van der Waals surface area (Å²) in [5, 5.41) is 0. The third-order valence-electron chi connectivity index (χ3n) is 2.97. The van der Waals surface area contributed by atoms with Gasteiger partial charge in [-0.2, -0.15) is 0 Å². The van der Waals surface area contributed by atoms with Gasteiger partial charge in [-0.25, -0.2) is 4.39 Å². The Morgan fingerprint density at radius 3 is 2.82 bits per heavy atom. The Labute approximate surface area is 101 Å². The summed E-state index contributed by atoms with van der Waals surface area (Å²) in [6.07, 6.45) is 1.06. The van der Waals surface area contributed by atoms with Gasteiger partial charge in [0.15, 0.2) is 0 Å². The molecule has 1 heterocycles. The van der Waals surface area contributed by atoms with Crippen LogP contribution in [0.4, 0.5) is 4.39 Å². The SMILES string of the molecule is NC(COCC1CCOC1)c1ccc(F)cc1. The molecule has 0 aliphatic carbocycles. The smallest absolute Gasteiger partial charge is 0.123 e. The van der Waals surface area contributed by atoms with E-state index < -0.39 is 0 Å². The van der Waals surface area contributed by atoms with Gasteiger partial charge in [-0.05, 0) is 24.1 Å². The minimum atomic E-state index is -0.245. The molecule has 4 heteroatoms. The first-order valence-corrected chi connectivity index (χ1v) is 5.92. The van der Waals surface area contributed by atoms with Crippen LogP contribution in [0.3, 0.4) is 0 Å². The molecule has 1 aromatic carbocycles. The van der Waals surface area contributed by atoms with Crippen molar-refractivity contribution in [3.8, 4) is 0 Å². The van der Waals surface area contributed by atoms with Crippen LogP contribution in [-0.2, 0) is 9.47 Å². The zero-order valence-electron chi connectivity index (χ0n) is 9.77. The highest BCUT2D eigenvalue weighted by molar-refractivity contribution is 5.19. The van der Waals surface area contributed by atoms with E-state index >= 15 is 0 Å². The molecule has 17 heavy (non-hydrogen) atoms. The third-order valence-corrected chi connectivity index (χ3v) is 2.97. The molecule has 2 unspecified atom stereocenters. The number of halogens is 1. The monoisotopic (exact) mass is 239 g/mol. The van der Waals surface area contributed by atoms with Crippen molar-refractivity contribution in [1.82, 2.24) is 0 Å². The molecule has 1 saturated heterocycles.